The average Bonchev–Trinajstić information content (AvgIpc) is 3.25. The molecule has 1 aliphatic heterocycles. The third kappa shape index (κ3) is 3.48. The summed E-state index contributed by atoms with van der Waals surface area (Å²) in [6.45, 7) is -0.479. The Morgan fingerprint density at radius 1 is 1.15 bits per heavy atom. The third-order valence-corrected chi connectivity index (χ3v) is 4.44. The number of carbonyl (C=O) groups is 2. The number of amides is 1. The zero-order chi connectivity index (χ0) is 18.9. The van der Waals surface area contributed by atoms with Crippen molar-refractivity contribution in [1.82, 2.24) is 9.97 Å². The molecule has 0 unspecified atom stereocenters. The minimum atomic E-state index is -0.815. The number of rotatable bonds is 4. The summed E-state index contributed by atoms with van der Waals surface area (Å²) in [4.78, 5) is 31.5. The van der Waals surface area contributed by atoms with Crippen LogP contribution in [-0.2, 0) is 9.53 Å². The van der Waals surface area contributed by atoms with Crippen LogP contribution in [0, 0.1) is 0 Å². The number of esters is 1. The lowest BCUT2D eigenvalue weighted by molar-refractivity contribution is -0.119. The minimum Gasteiger partial charge on any atom is -0.451 e. The van der Waals surface area contributed by atoms with Gasteiger partial charge >= 0.3 is 5.97 Å². The van der Waals surface area contributed by atoms with E-state index in [1.807, 2.05) is 0 Å². The highest BCUT2D eigenvalue weighted by molar-refractivity contribution is 5.96. The summed E-state index contributed by atoms with van der Waals surface area (Å²) in [6.07, 6.45) is 6.51. The van der Waals surface area contributed by atoms with Gasteiger partial charge in [0, 0.05) is 37.0 Å². The number of nitrogens with two attached hydrogens (primary N) is 1. The lowest BCUT2D eigenvalue weighted by Crippen LogP contribution is -2.34. The Morgan fingerprint density at radius 3 is 2.67 bits per heavy atom. The largest absolute Gasteiger partial charge is 0.451 e. The molecule has 1 aliphatic carbocycles. The summed E-state index contributed by atoms with van der Waals surface area (Å²) >= 11 is 0. The highest BCUT2D eigenvalue weighted by Gasteiger charge is 2.44. The molecule has 9 heteroatoms. The molecule has 9 nitrogen and oxygen atoms in total. The summed E-state index contributed by atoms with van der Waals surface area (Å²) in [7, 11) is 0. The number of nitrogens with zero attached hydrogens (tertiary/aromatic N) is 2. The Bertz CT molecular complexity index is 895. The first-order valence-electron chi connectivity index (χ1n) is 8.60. The molecular weight excluding hydrogens is 352 g/mol. The standard InChI is InChI=1S/C18H18N4O5/c19-16-15(20-7-8-21-16)17(24)25-10-14(23)22-11-3-4-12-13(9-11)27-18(26-12)5-1-2-6-18/h3-4,7-9H,1-2,5-6,10H2,(H2,19,21)(H,22,23). The molecule has 1 fully saturated rings. The van der Waals surface area contributed by atoms with E-state index in [0.29, 0.717) is 17.2 Å². The molecular formula is C18H18N4O5. The number of benzene rings is 1. The summed E-state index contributed by atoms with van der Waals surface area (Å²) in [5.41, 5.74) is 5.94. The van der Waals surface area contributed by atoms with Gasteiger partial charge in [-0.2, -0.15) is 0 Å². The van der Waals surface area contributed by atoms with Crippen LogP contribution >= 0.6 is 0 Å². The molecule has 2 aromatic rings. The van der Waals surface area contributed by atoms with Crippen LogP contribution in [0.5, 0.6) is 11.5 Å². The molecule has 1 amide bonds. The number of aromatic nitrogens is 2. The summed E-state index contributed by atoms with van der Waals surface area (Å²) in [5.74, 6) is -0.667. The lowest BCUT2D eigenvalue weighted by atomic mass is 10.2. The monoisotopic (exact) mass is 370 g/mol. The molecule has 140 valence electrons. The van der Waals surface area contributed by atoms with Gasteiger partial charge in [-0.3, -0.25) is 4.79 Å². The van der Waals surface area contributed by atoms with Crippen molar-refractivity contribution >= 4 is 23.4 Å². The number of nitrogen functional groups attached to an aromatic ring is 1. The number of ether oxygens (including phenoxy) is 3. The lowest BCUT2D eigenvalue weighted by Gasteiger charge is -2.21. The molecule has 0 radical (unpaired) electrons. The van der Waals surface area contributed by atoms with Crippen molar-refractivity contribution in [2.45, 2.75) is 31.5 Å². The molecule has 1 saturated carbocycles. The van der Waals surface area contributed by atoms with E-state index in [0.717, 1.165) is 25.7 Å². The van der Waals surface area contributed by atoms with Crippen LogP contribution in [0.3, 0.4) is 0 Å². The molecule has 2 aliphatic rings. The fraction of sp³-hybridized carbons (Fsp3) is 0.333. The number of hydrogen-bond donors (Lipinski definition) is 2. The molecule has 0 bridgehead atoms. The second-order valence-electron chi connectivity index (χ2n) is 6.40. The fourth-order valence-electron chi connectivity index (χ4n) is 3.19. The van der Waals surface area contributed by atoms with Gasteiger partial charge < -0.3 is 25.3 Å². The number of nitrogens with one attached hydrogen (secondary N) is 1. The van der Waals surface area contributed by atoms with E-state index in [4.69, 9.17) is 19.9 Å². The highest BCUT2D eigenvalue weighted by Crippen LogP contribution is 2.47. The van der Waals surface area contributed by atoms with Crippen LogP contribution in [0.25, 0.3) is 0 Å². The van der Waals surface area contributed by atoms with E-state index in [-0.39, 0.29) is 11.5 Å². The van der Waals surface area contributed by atoms with Crippen molar-refractivity contribution in [2.75, 3.05) is 17.7 Å². The molecule has 4 rings (SSSR count). The van der Waals surface area contributed by atoms with Crippen LogP contribution < -0.4 is 20.5 Å². The van der Waals surface area contributed by atoms with Gasteiger partial charge in [-0.25, -0.2) is 14.8 Å². The van der Waals surface area contributed by atoms with Gasteiger partial charge in [-0.05, 0) is 25.0 Å². The second-order valence-corrected chi connectivity index (χ2v) is 6.40. The molecule has 1 spiro atoms. The van der Waals surface area contributed by atoms with E-state index in [1.54, 1.807) is 18.2 Å². The number of carbonyl (C=O) groups excluding carboxylic acids is 2. The second kappa shape index (κ2) is 6.75. The SMILES string of the molecule is Nc1nccnc1C(=O)OCC(=O)Nc1ccc2c(c1)OC1(CCCC1)O2. The Balaban J connectivity index is 1.34. The molecule has 1 aromatic heterocycles. The maximum atomic E-state index is 12.1. The van der Waals surface area contributed by atoms with E-state index < -0.39 is 24.3 Å². The predicted octanol–water partition coefficient (Wildman–Crippen LogP) is 1.90. The van der Waals surface area contributed by atoms with Gasteiger partial charge in [0.05, 0.1) is 0 Å². The Labute approximate surface area is 154 Å². The molecule has 3 N–H and O–H groups in total. The van der Waals surface area contributed by atoms with E-state index in [2.05, 4.69) is 15.3 Å². The predicted molar refractivity (Wildman–Crippen MR) is 94.3 cm³/mol. The fourth-order valence-corrected chi connectivity index (χ4v) is 3.19. The van der Waals surface area contributed by atoms with Gasteiger partial charge in [0.2, 0.25) is 0 Å². The van der Waals surface area contributed by atoms with E-state index in [9.17, 15) is 9.59 Å². The zero-order valence-electron chi connectivity index (χ0n) is 14.4. The van der Waals surface area contributed by atoms with Gasteiger partial charge in [0.25, 0.3) is 11.7 Å². The van der Waals surface area contributed by atoms with E-state index in [1.165, 1.54) is 12.4 Å². The zero-order valence-corrected chi connectivity index (χ0v) is 14.4. The van der Waals surface area contributed by atoms with Crippen LogP contribution in [0.15, 0.2) is 30.6 Å². The molecule has 0 atom stereocenters. The van der Waals surface area contributed by atoms with Crippen LogP contribution in [0.2, 0.25) is 0 Å². The first-order chi connectivity index (χ1) is 13.0. The average molecular weight is 370 g/mol. The molecule has 27 heavy (non-hydrogen) atoms. The first-order valence-corrected chi connectivity index (χ1v) is 8.60. The first kappa shape index (κ1) is 17.1. The highest BCUT2D eigenvalue weighted by atomic mass is 16.7. The van der Waals surface area contributed by atoms with Crippen LogP contribution in [-0.4, -0.2) is 34.2 Å². The van der Waals surface area contributed by atoms with Crippen molar-refractivity contribution in [3.05, 3.63) is 36.3 Å². The summed E-state index contributed by atoms with van der Waals surface area (Å²) in [6, 6.07) is 5.16. The minimum absolute atomic E-state index is 0.0560. The maximum absolute atomic E-state index is 12.1. The summed E-state index contributed by atoms with van der Waals surface area (Å²) < 4.78 is 16.8. The van der Waals surface area contributed by atoms with Crippen molar-refractivity contribution in [2.24, 2.45) is 0 Å². The molecule has 0 saturated heterocycles. The number of hydrogen-bond acceptors (Lipinski definition) is 8. The number of anilines is 2. The molecule has 1 aromatic carbocycles. The van der Waals surface area contributed by atoms with Crippen molar-refractivity contribution < 1.29 is 23.8 Å². The topological polar surface area (TPSA) is 126 Å². The Kier molecular flexibility index (Phi) is 4.27. The third-order valence-electron chi connectivity index (χ3n) is 4.44. The maximum Gasteiger partial charge on any atom is 0.361 e. The number of fused-ring (bicyclic) bond motifs is 1. The van der Waals surface area contributed by atoms with E-state index >= 15 is 0 Å². The van der Waals surface area contributed by atoms with Crippen LogP contribution in [0.4, 0.5) is 11.5 Å². The van der Waals surface area contributed by atoms with Crippen LogP contribution in [0.1, 0.15) is 36.2 Å². The van der Waals surface area contributed by atoms with Gasteiger partial charge in [-0.15, -0.1) is 0 Å². The van der Waals surface area contributed by atoms with Gasteiger partial charge in [-0.1, -0.05) is 0 Å². The molecule has 2 heterocycles. The Morgan fingerprint density at radius 2 is 1.89 bits per heavy atom. The normalized spacial score (nSPS) is 16.3. The van der Waals surface area contributed by atoms with Gasteiger partial charge in [0.15, 0.2) is 29.6 Å². The Hall–Kier alpha value is -3.36. The smallest absolute Gasteiger partial charge is 0.361 e. The van der Waals surface area contributed by atoms with Gasteiger partial charge in [0.1, 0.15) is 0 Å². The van der Waals surface area contributed by atoms with Crippen molar-refractivity contribution in [3.8, 4) is 11.5 Å². The summed E-state index contributed by atoms with van der Waals surface area (Å²) in [5, 5.41) is 2.65. The van der Waals surface area contributed by atoms with Crippen molar-refractivity contribution in [1.29, 1.82) is 0 Å². The van der Waals surface area contributed by atoms with Crippen molar-refractivity contribution in [3.63, 3.8) is 0 Å². The quantitative estimate of drug-likeness (QED) is 0.782.